The van der Waals surface area contributed by atoms with E-state index in [4.69, 9.17) is 16.3 Å². The Morgan fingerprint density at radius 3 is 2.64 bits per heavy atom. The lowest BCUT2D eigenvalue weighted by molar-refractivity contribution is 0.0474. The van der Waals surface area contributed by atoms with Gasteiger partial charge in [-0.05, 0) is 30.3 Å². The molecule has 0 bridgehead atoms. The molecule has 3 aromatic rings. The number of H-pyrrole nitrogens is 1. The fourth-order valence-corrected chi connectivity index (χ4v) is 3.27. The van der Waals surface area contributed by atoms with Gasteiger partial charge >= 0.3 is 5.97 Å². The fraction of sp³-hybridized carbons (Fsp3) is 0.0588. The summed E-state index contributed by atoms with van der Waals surface area (Å²) < 4.78 is 32.2. The molecule has 128 valence electrons. The lowest BCUT2D eigenvalue weighted by Gasteiger charge is -2.06. The van der Waals surface area contributed by atoms with Crippen molar-refractivity contribution in [3.63, 3.8) is 0 Å². The first-order chi connectivity index (χ1) is 12.0. The van der Waals surface area contributed by atoms with Crippen LogP contribution in [0, 0.1) is 11.6 Å². The Labute approximate surface area is 150 Å². The number of Topliss-reactive ketones (excluding diaryl/α,β-unsaturated/α-hetero) is 1. The number of nitrogens with one attached hydrogen (secondary N) is 1. The molecule has 0 radical (unpaired) electrons. The topological polar surface area (TPSA) is 59.2 Å². The van der Waals surface area contributed by atoms with Gasteiger partial charge in [0.05, 0.1) is 15.5 Å². The van der Waals surface area contributed by atoms with E-state index in [1.165, 1.54) is 17.5 Å². The van der Waals surface area contributed by atoms with Crippen molar-refractivity contribution in [1.29, 1.82) is 0 Å². The predicted molar refractivity (Wildman–Crippen MR) is 90.1 cm³/mol. The van der Waals surface area contributed by atoms with Gasteiger partial charge in [-0.2, -0.15) is 0 Å². The smallest absolute Gasteiger partial charge is 0.340 e. The minimum Gasteiger partial charge on any atom is -0.454 e. The third-order valence-electron chi connectivity index (χ3n) is 3.37. The molecule has 2 heterocycles. The molecular formula is C17H10ClF2NO3S. The molecule has 0 unspecified atom stereocenters. The maximum atomic E-state index is 13.6. The van der Waals surface area contributed by atoms with Gasteiger partial charge in [-0.3, -0.25) is 4.79 Å². The quantitative estimate of drug-likeness (QED) is 0.514. The number of aromatic amines is 1. The summed E-state index contributed by atoms with van der Waals surface area (Å²) in [5.41, 5.74) is 0.324. The number of aromatic nitrogens is 1. The number of esters is 1. The van der Waals surface area contributed by atoms with Crippen molar-refractivity contribution in [2.45, 2.75) is 0 Å². The molecule has 0 aliphatic carbocycles. The highest BCUT2D eigenvalue weighted by molar-refractivity contribution is 7.19. The van der Waals surface area contributed by atoms with Crippen molar-refractivity contribution in [3.8, 4) is 10.4 Å². The molecule has 0 aliphatic rings. The van der Waals surface area contributed by atoms with Crippen molar-refractivity contribution >= 4 is 34.7 Å². The minimum atomic E-state index is -0.877. The number of hydrogen-bond acceptors (Lipinski definition) is 4. The van der Waals surface area contributed by atoms with Gasteiger partial charge in [-0.25, -0.2) is 13.6 Å². The highest BCUT2D eigenvalue weighted by Crippen LogP contribution is 2.33. The number of carbonyl (C=O) groups excluding carboxylic acids is 2. The van der Waals surface area contributed by atoms with Gasteiger partial charge < -0.3 is 9.72 Å². The summed E-state index contributed by atoms with van der Waals surface area (Å²) in [7, 11) is 0. The van der Waals surface area contributed by atoms with Gasteiger partial charge in [0, 0.05) is 22.8 Å². The summed E-state index contributed by atoms with van der Waals surface area (Å²) >= 11 is 7.17. The van der Waals surface area contributed by atoms with E-state index in [1.54, 1.807) is 18.3 Å². The van der Waals surface area contributed by atoms with Gasteiger partial charge in [-0.1, -0.05) is 11.6 Å². The summed E-state index contributed by atoms with van der Waals surface area (Å²) in [6.45, 7) is -0.699. The SMILES string of the molecule is O=C(COC(=O)c1c[nH]cc1-c1ccc(Cl)s1)c1cc(F)ccc1F. The van der Waals surface area contributed by atoms with Crippen LogP contribution in [0.25, 0.3) is 10.4 Å². The normalized spacial score (nSPS) is 10.7. The summed E-state index contributed by atoms with van der Waals surface area (Å²) in [6.07, 6.45) is 3.03. The zero-order chi connectivity index (χ0) is 18.0. The monoisotopic (exact) mass is 381 g/mol. The molecule has 4 nitrogen and oxygen atoms in total. The van der Waals surface area contributed by atoms with Crippen LogP contribution in [0.4, 0.5) is 8.78 Å². The van der Waals surface area contributed by atoms with Crippen LogP contribution in [0.15, 0.2) is 42.7 Å². The molecule has 0 aliphatic heterocycles. The predicted octanol–water partition coefficient (Wildman–Crippen LogP) is 4.71. The van der Waals surface area contributed by atoms with Crippen molar-refractivity contribution in [2.75, 3.05) is 6.61 Å². The first kappa shape index (κ1) is 17.3. The summed E-state index contributed by atoms with van der Waals surface area (Å²) in [5, 5.41) is 0. The number of ether oxygens (including phenoxy) is 1. The molecule has 0 saturated carbocycles. The first-order valence-electron chi connectivity index (χ1n) is 7.03. The van der Waals surface area contributed by atoms with Crippen LogP contribution < -0.4 is 0 Å². The van der Waals surface area contributed by atoms with Crippen LogP contribution in [-0.4, -0.2) is 23.3 Å². The van der Waals surface area contributed by atoms with Crippen LogP contribution in [0.5, 0.6) is 0 Å². The minimum absolute atomic E-state index is 0.214. The Morgan fingerprint density at radius 1 is 1.12 bits per heavy atom. The standard InChI is InChI=1S/C17H10ClF2NO3S/c18-16-4-3-15(25-16)11-6-21-7-12(11)17(23)24-8-14(22)10-5-9(19)1-2-13(10)20/h1-7,21H,8H2. The maximum absolute atomic E-state index is 13.6. The van der Waals surface area contributed by atoms with Crippen LogP contribution in [-0.2, 0) is 4.74 Å². The highest BCUT2D eigenvalue weighted by Gasteiger charge is 2.19. The van der Waals surface area contributed by atoms with E-state index in [1.807, 2.05) is 0 Å². The Balaban J connectivity index is 1.72. The molecule has 0 atom stereocenters. The summed E-state index contributed by atoms with van der Waals surface area (Å²) in [6, 6.07) is 5.95. The maximum Gasteiger partial charge on any atom is 0.340 e. The summed E-state index contributed by atoms with van der Waals surface area (Å²) in [5.74, 6) is -3.22. The van der Waals surface area contributed by atoms with E-state index in [9.17, 15) is 18.4 Å². The largest absolute Gasteiger partial charge is 0.454 e. The number of ketones is 1. The number of hydrogen-bond donors (Lipinski definition) is 1. The molecular weight excluding hydrogens is 372 g/mol. The Hall–Kier alpha value is -2.51. The molecule has 1 aromatic carbocycles. The third kappa shape index (κ3) is 3.78. The molecule has 2 aromatic heterocycles. The van der Waals surface area contributed by atoms with E-state index in [2.05, 4.69) is 4.98 Å². The van der Waals surface area contributed by atoms with Gasteiger partial charge in [-0.15, -0.1) is 11.3 Å². The molecule has 0 spiro atoms. The Bertz CT molecular complexity index is 951. The molecule has 8 heteroatoms. The number of halogens is 3. The second-order valence-corrected chi connectivity index (χ2v) is 6.73. The molecule has 0 amide bonds. The molecule has 25 heavy (non-hydrogen) atoms. The second-order valence-electron chi connectivity index (χ2n) is 5.01. The van der Waals surface area contributed by atoms with Gasteiger partial charge in [0.1, 0.15) is 11.6 Å². The fourth-order valence-electron chi connectivity index (χ4n) is 2.19. The zero-order valence-corrected chi connectivity index (χ0v) is 14.1. The van der Waals surface area contributed by atoms with E-state index in [0.717, 1.165) is 23.1 Å². The average Bonchev–Trinajstić information content (AvgIpc) is 3.23. The third-order valence-corrected chi connectivity index (χ3v) is 4.63. The second kappa shape index (κ2) is 7.16. The lowest BCUT2D eigenvalue weighted by Crippen LogP contribution is -2.15. The number of carbonyl (C=O) groups is 2. The molecule has 3 rings (SSSR count). The van der Waals surface area contributed by atoms with Gasteiger partial charge in [0.15, 0.2) is 6.61 Å². The van der Waals surface area contributed by atoms with Crippen LogP contribution >= 0.6 is 22.9 Å². The molecule has 0 fully saturated rings. The highest BCUT2D eigenvalue weighted by atomic mass is 35.5. The number of thiophene rings is 1. The van der Waals surface area contributed by atoms with E-state index in [0.29, 0.717) is 9.90 Å². The van der Waals surface area contributed by atoms with Crippen molar-refractivity contribution in [3.05, 3.63) is 69.8 Å². The van der Waals surface area contributed by atoms with Crippen molar-refractivity contribution in [2.24, 2.45) is 0 Å². The van der Waals surface area contributed by atoms with Crippen molar-refractivity contribution < 1.29 is 23.1 Å². The number of benzene rings is 1. The average molecular weight is 382 g/mol. The first-order valence-corrected chi connectivity index (χ1v) is 8.23. The van der Waals surface area contributed by atoms with E-state index >= 15 is 0 Å². The molecule has 0 saturated heterocycles. The lowest BCUT2D eigenvalue weighted by atomic mass is 10.1. The van der Waals surface area contributed by atoms with E-state index in [-0.39, 0.29) is 5.56 Å². The van der Waals surface area contributed by atoms with Gasteiger partial charge in [0.25, 0.3) is 0 Å². The van der Waals surface area contributed by atoms with Gasteiger partial charge in [0.2, 0.25) is 5.78 Å². The van der Waals surface area contributed by atoms with Crippen LogP contribution in [0.3, 0.4) is 0 Å². The van der Waals surface area contributed by atoms with Crippen molar-refractivity contribution in [1.82, 2.24) is 4.98 Å². The van der Waals surface area contributed by atoms with Crippen LogP contribution in [0.2, 0.25) is 4.34 Å². The molecule has 1 N–H and O–H groups in total. The van der Waals surface area contributed by atoms with Crippen LogP contribution in [0.1, 0.15) is 20.7 Å². The summed E-state index contributed by atoms with van der Waals surface area (Å²) in [4.78, 5) is 27.7. The number of rotatable bonds is 5. The Kier molecular flexibility index (Phi) is 4.96. The Morgan fingerprint density at radius 2 is 1.92 bits per heavy atom. The van der Waals surface area contributed by atoms with E-state index < -0.39 is 35.6 Å². The zero-order valence-electron chi connectivity index (χ0n) is 12.5.